The van der Waals surface area contributed by atoms with Crippen LogP contribution in [-0.2, 0) is 24.2 Å². The maximum Gasteiger partial charge on any atom is 0.255 e. The molecule has 0 fully saturated rings. The second kappa shape index (κ2) is 11.1. The Labute approximate surface area is 205 Å². The predicted molar refractivity (Wildman–Crippen MR) is 139 cm³/mol. The first-order valence-corrected chi connectivity index (χ1v) is 11.5. The van der Waals surface area contributed by atoms with Crippen LogP contribution in [0.15, 0.2) is 66.7 Å². The number of nitrogens with one attached hydrogen (secondary N) is 1. The van der Waals surface area contributed by atoms with Gasteiger partial charge in [-0.2, -0.15) is 0 Å². The summed E-state index contributed by atoms with van der Waals surface area (Å²) in [6.07, 6.45) is 1.01. The summed E-state index contributed by atoms with van der Waals surface area (Å²) in [5.41, 5.74) is 4.05. The SMILES string of the molecule is COCc1nc(Cc2ccc(NC(=O)c3ccc4ccccc4c3)cc2)nc(N(C)C)c1CCO. The lowest BCUT2D eigenvalue weighted by atomic mass is 10.1. The summed E-state index contributed by atoms with van der Waals surface area (Å²) in [6, 6.07) is 21.4. The quantitative estimate of drug-likeness (QED) is 0.381. The minimum Gasteiger partial charge on any atom is -0.396 e. The van der Waals surface area contributed by atoms with Crippen molar-refractivity contribution in [2.75, 3.05) is 38.0 Å². The summed E-state index contributed by atoms with van der Waals surface area (Å²) < 4.78 is 5.34. The third kappa shape index (κ3) is 5.82. The van der Waals surface area contributed by atoms with E-state index in [1.165, 1.54) is 0 Å². The molecule has 3 aromatic carbocycles. The number of fused-ring (bicyclic) bond motifs is 1. The number of amides is 1. The molecule has 1 amide bonds. The van der Waals surface area contributed by atoms with Crippen molar-refractivity contribution in [2.24, 2.45) is 0 Å². The molecule has 0 aliphatic carbocycles. The van der Waals surface area contributed by atoms with E-state index in [0.717, 1.165) is 39.1 Å². The molecule has 0 atom stereocenters. The second-order valence-electron chi connectivity index (χ2n) is 8.58. The Bertz CT molecular complexity index is 1320. The van der Waals surface area contributed by atoms with Crippen LogP contribution in [0, 0.1) is 0 Å². The van der Waals surface area contributed by atoms with Crippen molar-refractivity contribution in [3.05, 3.63) is 94.9 Å². The van der Waals surface area contributed by atoms with E-state index in [9.17, 15) is 9.90 Å². The molecule has 180 valence electrons. The largest absolute Gasteiger partial charge is 0.396 e. The van der Waals surface area contributed by atoms with Gasteiger partial charge >= 0.3 is 0 Å². The van der Waals surface area contributed by atoms with Crippen LogP contribution in [0.3, 0.4) is 0 Å². The highest BCUT2D eigenvalue weighted by Crippen LogP contribution is 2.23. The molecule has 0 aliphatic rings. The Morgan fingerprint density at radius 1 is 1.00 bits per heavy atom. The molecule has 7 heteroatoms. The zero-order chi connectivity index (χ0) is 24.8. The highest BCUT2D eigenvalue weighted by atomic mass is 16.5. The number of rotatable bonds is 9. The van der Waals surface area contributed by atoms with Crippen molar-refractivity contribution in [2.45, 2.75) is 19.4 Å². The Kier molecular flexibility index (Phi) is 7.70. The van der Waals surface area contributed by atoms with Crippen LogP contribution in [0.4, 0.5) is 11.5 Å². The number of carbonyl (C=O) groups is 1. The topological polar surface area (TPSA) is 87.6 Å². The average Bonchev–Trinajstić information content (AvgIpc) is 2.86. The van der Waals surface area contributed by atoms with Crippen LogP contribution in [-0.4, -0.2) is 48.8 Å². The summed E-state index contributed by atoms with van der Waals surface area (Å²) in [5.74, 6) is 1.32. The zero-order valence-electron chi connectivity index (χ0n) is 20.3. The second-order valence-corrected chi connectivity index (χ2v) is 8.58. The van der Waals surface area contributed by atoms with Crippen molar-refractivity contribution < 1.29 is 14.6 Å². The van der Waals surface area contributed by atoms with Crippen LogP contribution >= 0.6 is 0 Å². The number of hydrogen-bond acceptors (Lipinski definition) is 6. The number of aliphatic hydroxyl groups is 1. The van der Waals surface area contributed by atoms with Crippen molar-refractivity contribution >= 4 is 28.2 Å². The lowest BCUT2D eigenvalue weighted by Gasteiger charge is -2.20. The molecule has 4 rings (SSSR count). The summed E-state index contributed by atoms with van der Waals surface area (Å²) in [4.78, 5) is 24.1. The van der Waals surface area contributed by atoms with E-state index in [0.29, 0.717) is 30.8 Å². The number of aromatic nitrogens is 2. The first kappa shape index (κ1) is 24.3. The van der Waals surface area contributed by atoms with E-state index < -0.39 is 0 Å². The van der Waals surface area contributed by atoms with Gasteiger partial charge in [0.2, 0.25) is 0 Å². The number of methoxy groups -OCH3 is 1. The Morgan fingerprint density at radius 3 is 2.43 bits per heavy atom. The zero-order valence-corrected chi connectivity index (χ0v) is 20.3. The number of carbonyl (C=O) groups excluding carboxylic acids is 1. The molecular formula is C28H30N4O3. The lowest BCUT2D eigenvalue weighted by molar-refractivity contribution is 0.102. The molecule has 0 unspecified atom stereocenters. The molecule has 1 aromatic heterocycles. The molecule has 0 bridgehead atoms. The van der Waals surface area contributed by atoms with Crippen molar-refractivity contribution in [1.29, 1.82) is 0 Å². The predicted octanol–water partition coefficient (Wildman–Crippen LogP) is 4.22. The summed E-state index contributed by atoms with van der Waals surface area (Å²) in [6.45, 7) is 0.373. The van der Waals surface area contributed by atoms with Gasteiger partial charge in [-0.1, -0.05) is 42.5 Å². The monoisotopic (exact) mass is 470 g/mol. The van der Waals surface area contributed by atoms with Gasteiger partial charge < -0.3 is 20.1 Å². The number of ether oxygens (including phenoxy) is 1. The highest BCUT2D eigenvalue weighted by Gasteiger charge is 2.16. The van der Waals surface area contributed by atoms with Gasteiger partial charge in [0.25, 0.3) is 5.91 Å². The van der Waals surface area contributed by atoms with E-state index in [1.54, 1.807) is 7.11 Å². The first-order chi connectivity index (χ1) is 17.0. The van der Waals surface area contributed by atoms with E-state index >= 15 is 0 Å². The van der Waals surface area contributed by atoms with Crippen LogP contribution in [0.2, 0.25) is 0 Å². The molecule has 0 spiro atoms. The summed E-state index contributed by atoms with van der Waals surface area (Å²) >= 11 is 0. The number of nitrogens with zero attached hydrogens (tertiary/aromatic N) is 3. The standard InChI is InChI=1S/C28H30N4O3/c1-32(2)27-24(14-15-33)25(18-35-3)30-26(31-27)16-19-8-12-23(13-9-19)29-28(34)22-11-10-20-6-4-5-7-21(20)17-22/h4-13,17,33H,14-16,18H2,1-3H3,(H,29,34). The third-order valence-corrected chi connectivity index (χ3v) is 5.77. The van der Waals surface area contributed by atoms with Crippen molar-refractivity contribution in [1.82, 2.24) is 9.97 Å². The van der Waals surface area contributed by atoms with Crippen LogP contribution < -0.4 is 10.2 Å². The molecule has 0 saturated heterocycles. The summed E-state index contributed by atoms with van der Waals surface area (Å²) in [7, 11) is 5.48. The van der Waals surface area contributed by atoms with Gasteiger partial charge in [-0.3, -0.25) is 4.79 Å². The number of hydrogen-bond donors (Lipinski definition) is 2. The molecule has 35 heavy (non-hydrogen) atoms. The molecular weight excluding hydrogens is 440 g/mol. The van der Waals surface area contributed by atoms with Gasteiger partial charge in [-0.05, 0) is 40.6 Å². The molecule has 0 aliphatic heterocycles. The van der Waals surface area contributed by atoms with E-state index in [-0.39, 0.29) is 12.5 Å². The van der Waals surface area contributed by atoms with E-state index in [1.807, 2.05) is 85.7 Å². The number of benzene rings is 3. The minimum atomic E-state index is -0.147. The molecule has 2 N–H and O–H groups in total. The van der Waals surface area contributed by atoms with Crippen LogP contribution in [0.1, 0.15) is 33.0 Å². The Hall–Kier alpha value is -3.81. The molecule has 1 heterocycles. The fraction of sp³-hybridized carbons (Fsp3) is 0.250. The first-order valence-electron chi connectivity index (χ1n) is 11.5. The van der Waals surface area contributed by atoms with Gasteiger partial charge in [-0.15, -0.1) is 0 Å². The highest BCUT2D eigenvalue weighted by molar-refractivity contribution is 6.06. The molecule has 4 aromatic rings. The average molecular weight is 471 g/mol. The summed E-state index contributed by atoms with van der Waals surface area (Å²) in [5, 5.41) is 14.6. The molecule has 0 saturated carbocycles. The van der Waals surface area contributed by atoms with Crippen LogP contribution in [0.5, 0.6) is 0 Å². The van der Waals surface area contributed by atoms with Gasteiger partial charge in [0, 0.05) is 57.5 Å². The van der Waals surface area contributed by atoms with Gasteiger partial charge in [0.05, 0.1) is 12.3 Å². The third-order valence-electron chi connectivity index (χ3n) is 5.77. The maximum absolute atomic E-state index is 12.8. The minimum absolute atomic E-state index is 0.0205. The lowest BCUT2D eigenvalue weighted by Crippen LogP contribution is -2.19. The van der Waals surface area contributed by atoms with E-state index in [4.69, 9.17) is 14.7 Å². The normalized spacial score (nSPS) is 11.0. The number of anilines is 2. The molecule has 7 nitrogen and oxygen atoms in total. The van der Waals surface area contributed by atoms with Crippen molar-refractivity contribution in [3.63, 3.8) is 0 Å². The Morgan fingerprint density at radius 2 is 1.74 bits per heavy atom. The van der Waals surface area contributed by atoms with Crippen LogP contribution in [0.25, 0.3) is 10.8 Å². The maximum atomic E-state index is 12.8. The fourth-order valence-electron chi connectivity index (χ4n) is 4.06. The fourth-order valence-corrected chi connectivity index (χ4v) is 4.06. The van der Waals surface area contributed by atoms with Crippen molar-refractivity contribution in [3.8, 4) is 0 Å². The van der Waals surface area contributed by atoms with Gasteiger partial charge in [-0.25, -0.2) is 9.97 Å². The van der Waals surface area contributed by atoms with E-state index in [2.05, 4.69) is 5.32 Å². The van der Waals surface area contributed by atoms with Gasteiger partial charge in [0.15, 0.2) is 0 Å². The molecule has 0 radical (unpaired) electrons. The Balaban J connectivity index is 1.50. The smallest absolute Gasteiger partial charge is 0.255 e. The number of aliphatic hydroxyl groups excluding tert-OH is 1. The van der Waals surface area contributed by atoms with Gasteiger partial charge in [0.1, 0.15) is 11.6 Å².